The lowest BCUT2D eigenvalue weighted by Gasteiger charge is -2.52. The van der Waals surface area contributed by atoms with Crippen LogP contribution in [0.5, 0.6) is 5.75 Å². The summed E-state index contributed by atoms with van der Waals surface area (Å²) in [6.45, 7) is 1.89. The second-order valence-corrected chi connectivity index (χ2v) is 13.3. The number of carbonyl (C=O) groups is 1. The summed E-state index contributed by atoms with van der Waals surface area (Å²) in [6, 6.07) is 23.8. The maximum absolute atomic E-state index is 13.8. The minimum absolute atomic E-state index is 0.129. The van der Waals surface area contributed by atoms with E-state index >= 15 is 0 Å². The van der Waals surface area contributed by atoms with Crippen molar-refractivity contribution in [1.82, 2.24) is 19.0 Å². The quantitative estimate of drug-likeness (QED) is 0.194. The highest BCUT2D eigenvalue weighted by Gasteiger charge is 2.61. The molecule has 3 heterocycles. The maximum atomic E-state index is 13.8. The number of aromatic nitrogens is 3. The van der Waals surface area contributed by atoms with Gasteiger partial charge in [-0.1, -0.05) is 48.6 Å². The van der Waals surface area contributed by atoms with Gasteiger partial charge in [0, 0.05) is 42.6 Å². The summed E-state index contributed by atoms with van der Waals surface area (Å²) in [5.74, 6) is 4.76. The van der Waals surface area contributed by atoms with Crippen molar-refractivity contribution in [3.05, 3.63) is 83.4 Å². The summed E-state index contributed by atoms with van der Waals surface area (Å²) in [5.41, 5.74) is 7.13. The number of imidazole rings is 1. The molecule has 4 atom stereocenters. The summed E-state index contributed by atoms with van der Waals surface area (Å²) in [7, 11) is 3.76. The third-order valence-electron chi connectivity index (χ3n) is 10.7. The Balaban J connectivity index is 1.12. The van der Waals surface area contributed by atoms with Crippen LogP contribution in [0.3, 0.4) is 0 Å². The Morgan fingerprint density at radius 1 is 0.977 bits per heavy atom. The third kappa shape index (κ3) is 3.92. The van der Waals surface area contributed by atoms with Gasteiger partial charge < -0.3 is 18.8 Å². The molecule has 1 saturated heterocycles. The Labute approximate surface area is 251 Å². The monoisotopic (exact) mass is 568 g/mol. The topological polar surface area (TPSA) is 52.3 Å². The zero-order chi connectivity index (χ0) is 28.8. The van der Waals surface area contributed by atoms with E-state index in [1.165, 1.54) is 47.7 Å². The van der Waals surface area contributed by atoms with Gasteiger partial charge in [-0.25, -0.2) is 4.98 Å². The molecule has 6 heteroatoms. The molecule has 2 unspecified atom stereocenters. The van der Waals surface area contributed by atoms with Gasteiger partial charge in [-0.3, -0.25) is 4.79 Å². The van der Waals surface area contributed by atoms with Crippen LogP contribution in [0.4, 0.5) is 0 Å². The van der Waals surface area contributed by atoms with E-state index in [2.05, 4.69) is 81.8 Å². The molecule has 0 spiro atoms. The van der Waals surface area contributed by atoms with Gasteiger partial charge >= 0.3 is 0 Å². The number of likely N-dealkylation sites (tertiary alicyclic amines) is 1. The fraction of sp³-hybridized carbons (Fsp3) is 0.351. The van der Waals surface area contributed by atoms with E-state index in [0.717, 1.165) is 47.5 Å². The van der Waals surface area contributed by atoms with Crippen LogP contribution in [0.25, 0.3) is 45.6 Å². The molecule has 5 aromatic rings. The molecule has 4 fully saturated rings. The smallest absolute Gasteiger partial charge is 0.254 e. The molecule has 9 rings (SSSR count). The van der Waals surface area contributed by atoms with Crippen molar-refractivity contribution >= 4 is 40.0 Å². The number of hydrogen-bond acceptors (Lipinski definition) is 3. The van der Waals surface area contributed by atoms with Crippen LogP contribution in [0.2, 0.25) is 0 Å². The highest BCUT2D eigenvalue weighted by molar-refractivity contribution is 6.00. The second kappa shape index (κ2) is 9.34. The van der Waals surface area contributed by atoms with Crippen molar-refractivity contribution in [1.29, 1.82) is 0 Å². The van der Waals surface area contributed by atoms with Crippen molar-refractivity contribution in [3.63, 3.8) is 0 Å². The van der Waals surface area contributed by atoms with Crippen LogP contribution in [-0.2, 0) is 13.6 Å². The van der Waals surface area contributed by atoms with Gasteiger partial charge in [0.05, 0.1) is 18.3 Å². The SMILES string of the molecule is COc1cc(C(=O)N2C[C@H]3CC4CC2[C@H]43)cc2nc(-c3cc4cc(/C=C/c5ccccc5)ccc4n3CC3CC3)n(C)c12. The Morgan fingerprint density at radius 3 is 2.58 bits per heavy atom. The van der Waals surface area contributed by atoms with Crippen molar-refractivity contribution in [2.45, 2.75) is 38.3 Å². The fourth-order valence-corrected chi connectivity index (χ4v) is 8.27. The van der Waals surface area contributed by atoms with Crippen LogP contribution < -0.4 is 4.74 Å². The van der Waals surface area contributed by atoms with E-state index < -0.39 is 0 Å². The van der Waals surface area contributed by atoms with Gasteiger partial charge in [0.2, 0.25) is 0 Å². The number of methoxy groups -OCH3 is 1. The first-order valence-corrected chi connectivity index (χ1v) is 15.8. The van der Waals surface area contributed by atoms with Gasteiger partial charge in [-0.2, -0.15) is 0 Å². The molecule has 3 aromatic carbocycles. The molecule has 2 aromatic heterocycles. The van der Waals surface area contributed by atoms with Crippen LogP contribution in [-0.4, -0.2) is 44.6 Å². The summed E-state index contributed by atoms with van der Waals surface area (Å²) in [4.78, 5) is 21.1. The molecule has 1 aliphatic heterocycles. The largest absolute Gasteiger partial charge is 0.494 e. The van der Waals surface area contributed by atoms with Gasteiger partial charge in [-0.15, -0.1) is 0 Å². The molecule has 216 valence electrons. The van der Waals surface area contributed by atoms with Crippen molar-refractivity contribution < 1.29 is 9.53 Å². The minimum Gasteiger partial charge on any atom is -0.494 e. The van der Waals surface area contributed by atoms with Gasteiger partial charge in [0.15, 0.2) is 5.82 Å². The second-order valence-electron chi connectivity index (χ2n) is 13.3. The van der Waals surface area contributed by atoms with E-state index in [9.17, 15) is 4.79 Å². The van der Waals surface area contributed by atoms with Crippen LogP contribution in [0.15, 0.2) is 66.7 Å². The van der Waals surface area contributed by atoms with E-state index in [4.69, 9.17) is 9.72 Å². The number of nitrogens with zero attached hydrogens (tertiary/aromatic N) is 4. The Kier molecular flexibility index (Phi) is 5.47. The van der Waals surface area contributed by atoms with Crippen molar-refractivity contribution in [3.8, 4) is 17.3 Å². The molecule has 4 aliphatic rings. The standard InChI is InChI=1S/C37H36N4O2/c1-39-35-29(16-27(19-33(35)43-2)37(42)41-21-28-15-26-18-31(41)34(26)28)38-36(39)32-17-25-14-23(9-8-22-6-4-3-5-7-22)12-13-30(25)40(32)20-24-10-11-24/h3-9,12-14,16-17,19,24,26,28,31,34H,10-11,15,18,20-21H2,1-2H3/b9-8+/t26?,28-,31?,34-/m1/s1. The van der Waals surface area contributed by atoms with E-state index in [0.29, 0.717) is 29.2 Å². The van der Waals surface area contributed by atoms with E-state index in [1.54, 1.807) is 7.11 Å². The number of aryl methyl sites for hydroxylation is 1. The van der Waals surface area contributed by atoms with Crippen molar-refractivity contribution in [2.75, 3.05) is 13.7 Å². The molecule has 1 amide bonds. The molecule has 6 nitrogen and oxygen atoms in total. The zero-order valence-electron chi connectivity index (χ0n) is 24.7. The van der Waals surface area contributed by atoms with E-state index in [-0.39, 0.29) is 5.91 Å². The zero-order valence-corrected chi connectivity index (χ0v) is 24.7. The minimum atomic E-state index is 0.129. The number of fused-ring (bicyclic) bond motifs is 2. The summed E-state index contributed by atoms with van der Waals surface area (Å²) in [6.07, 6.45) is 9.38. The molecule has 0 N–H and O–H groups in total. The highest BCUT2D eigenvalue weighted by atomic mass is 16.5. The lowest BCUT2D eigenvalue weighted by Crippen LogP contribution is -2.53. The van der Waals surface area contributed by atoms with Gasteiger partial charge in [-0.05, 0) is 90.8 Å². The molecular formula is C37H36N4O2. The molecule has 0 bridgehead atoms. The number of ether oxygens (including phenoxy) is 1. The fourth-order valence-electron chi connectivity index (χ4n) is 8.27. The number of hydrogen-bond donors (Lipinski definition) is 0. The number of carbonyl (C=O) groups excluding carboxylic acids is 1. The van der Waals surface area contributed by atoms with Crippen molar-refractivity contribution in [2.24, 2.45) is 30.7 Å². The Morgan fingerprint density at radius 2 is 1.81 bits per heavy atom. The lowest BCUT2D eigenvalue weighted by atomic mass is 9.53. The summed E-state index contributed by atoms with van der Waals surface area (Å²) in [5, 5.41) is 1.21. The average molecular weight is 569 g/mol. The predicted molar refractivity (Wildman–Crippen MR) is 171 cm³/mol. The lowest BCUT2D eigenvalue weighted by molar-refractivity contribution is -0.0204. The Bertz CT molecular complexity index is 1950. The first-order chi connectivity index (χ1) is 21.1. The molecule has 3 saturated carbocycles. The van der Waals surface area contributed by atoms with E-state index in [1.807, 2.05) is 18.2 Å². The third-order valence-corrected chi connectivity index (χ3v) is 10.7. The van der Waals surface area contributed by atoms with Crippen LogP contribution >= 0.6 is 0 Å². The van der Waals surface area contributed by atoms with Crippen LogP contribution in [0.1, 0.15) is 47.2 Å². The first-order valence-electron chi connectivity index (χ1n) is 15.8. The number of rotatable bonds is 7. The molecule has 43 heavy (non-hydrogen) atoms. The predicted octanol–water partition coefficient (Wildman–Crippen LogP) is 7.26. The maximum Gasteiger partial charge on any atom is 0.254 e. The molecular weight excluding hydrogens is 532 g/mol. The van der Waals surface area contributed by atoms with Crippen LogP contribution in [0, 0.1) is 23.7 Å². The first kappa shape index (κ1) is 25.2. The Hall–Kier alpha value is -4.32. The van der Waals surface area contributed by atoms with Gasteiger partial charge in [0.25, 0.3) is 5.91 Å². The number of benzene rings is 3. The van der Waals surface area contributed by atoms with Gasteiger partial charge in [0.1, 0.15) is 11.3 Å². The summed E-state index contributed by atoms with van der Waals surface area (Å²) >= 11 is 0. The summed E-state index contributed by atoms with van der Waals surface area (Å²) < 4.78 is 10.5. The normalized spacial score (nSPS) is 24.0. The molecule has 3 aliphatic carbocycles. The average Bonchev–Trinajstić information content (AvgIpc) is 3.69. The molecule has 0 radical (unpaired) electrons. The highest BCUT2D eigenvalue weighted by Crippen LogP contribution is 2.60. The number of amides is 1.